The van der Waals surface area contributed by atoms with E-state index in [1.54, 1.807) is 0 Å². The highest BCUT2D eigenvalue weighted by Crippen LogP contribution is 2.09. The molecule has 0 aliphatic carbocycles. The van der Waals surface area contributed by atoms with E-state index >= 15 is 0 Å². The third-order valence-electron chi connectivity index (χ3n) is 3.26. The first-order valence-electron chi connectivity index (χ1n) is 6.61. The molecule has 1 aliphatic heterocycles. The van der Waals surface area contributed by atoms with Gasteiger partial charge in [0.25, 0.3) is 0 Å². The van der Waals surface area contributed by atoms with E-state index in [2.05, 4.69) is 10.6 Å². The number of carbonyl (C=O) groups excluding carboxylic acids is 1. The zero-order valence-corrected chi connectivity index (χ0v) is 11.9. The van der Waals surface area contributed by atoms with Crippen molar-refractivity contribution in [2.45, 2.75) is 31.7 Å². The first kappa shape index (κ1) is 16.9. The molecule has 1 aromatic rings. The van der Waals surface area contributed by atoms with Gasteiger partial charge in [-0.2, -0.15) is 0 Å². The van der Waals surface area contributed by atoms with Crippen molar-refractivity contribution in [3.8, 4) is 0 Å². The highest BCUT2D eigenvalue weighted by atomic mass is 35.5. The molecule has 112 valence electrons. The van der Waals surface area contributed by atoms with Gasteiger partial charge in [-0.15, -0.1) is 12.4 Å². The second-order valence-electron chi connectivity index (χ2n) is 4.82. The summed E-state index contributed by atoms with van der Waals surface area (Å²) in [5.41, 5.74) is 0.550. The van der Waals surface area contributed by atoms with E-state index < -0.39 is 11.6 Å². The summed E-state index contributed by atoms with van der Waals surface area (Å²) in [6.07, 6.45) is 3.43. The third kappa shape index (κ3) is 5.06. The molecule has 0 radical (unpaired) electrons. The van der Waals surface area contributed by atoms with Crippen molar-refractivity contribution >= 4 is 18.3 Å². The molecule has 2 N–H and O–H groups in total. The van der Waals surface area contributed by atoms with E-state index in [0.717, 1.165) is 31.9 Å². The Morgan fingerprint density at radius 1 is 1.25 bits per heavy atom. The Labute approximate surface area is 123 Å². The third-order valence-corrected chi connectivity index (χ3v) is 3.26. The zero-order valence-electron chi connectivity index (χ0n) is 11.1. The Morgan fingerprint density at radius 2 is 1.95 bits per heavy atom. The number of benzene rings is 1. The fourth-order valence-corrected chi connectivity index (χ4v) is 2.28. The lowest BCUT2D eigenvalue weighted by molar-refractivity contribution is -0.123. The van der Waals surface area contributed by atoms with E-state index in [4.69, 9.17) is 0 Å². The van der Waals surface area contributed by atoms with Crippen LogP contribution in [0.5, 0.6) is 0 Å². The molecule has 1 amide bonds. The Balaban J connectivity index is 0.00000200. The standard InChI is InChI=1S/C14H18F2N2O.ClH/c15-11-7-10(8-12(16)9-11)4-6-18-14(19)13-3-1-2-5-17-13;/h7-9,13,17H,1-6H2,(H,18,19);1H/t13-;/m0./s1. The Kier molecular flexibility index (Phi) is 6.88. The van der Waals surface area contributed by atoms with Crippen LogP contribution in [0, 0.1) is 11.6 Å². The highest BCUT2D eigenvalue weighted by Gasteiger charge is 2.19. The highest BCUT2D eigenvalue weighted by molar-refractivity contribution is 5.85. The van der Waals surface area contributed by atoms with Crippen LogP contribution in [0.15, 0.2) is 18.2 Å². The molecule has 0 bridgehead atoms. The van der Waals surface area contributed by atoms with Crippen LogP contribution < -0.4 is 10.6 Å². The zero-order chi connectivity index (χ0) is 13.7. The first-order chi connectivity index (χ1) is 9.15. The normalized spacial score (nSPS) is 18.2. The molecule has 0 saturated carbocycles. The van der Waals surface area contributed by atoms with Crippen molar-refractivity contribution in [3.05, 3.63) is 35.4 Å². The van der Waals surface area contributed by atoms with Crippen LogP contribution >= 0.6 is 12.4 Å². The van der Waals surface area contributed by atoms with Gasteiger partial charge in [-0.1, -0.05) is 6.42 Å². The summed E-state index contributed by atoms with van der Waals surface area (Å²) in [4.78, 5) is 11.8. The molecule has 1 fully saturated rings. The van der Waals surface area contributed by atoms with E-state index in [-0.39, 0.29) is 24.4 Å². The monoisotopic (exact) mass is 304 g/mol. The molecule has 2 rings (SSSR count). The van der Waals surface area contributed by atoms with Crippen LogP contribution in [0.3, 0.4) is 0 Å². The van der Waals surface area contributed by atoms with Crippen molar-refractivity contribution in [2.75, 3.05) is 13.1 Å². The van der Waals surface area contributed by atoms with E-state index in [1.807, 2.05) is 0 Å². The van der Waals surface area contributed by atoms with Crippen molar-refractivity contribution < 1.29 is 13.6 Å². The predicted molar refractivity (Wildman–Crippen MR) is 76.0 cm³/mol. The summed E-state index contributed by atoms with van der Waals surface area (Å²) in [5.74, 6) is -1.21. The summed E-state index contributed by atoms with van der Waals surface area (Å²) in [7, 11) is 0. The molecule has 1 aliphatic rings. The maximum Gasteiger partial charge on any atom is 0.237 e. The number of hydrogen-bond acceptors (Lipinski definition) is 2. The predicted octanol–water partition coefficient (Wildman–Crippen LogP) is 2.19. The average Bonchev–Trinajstić information content (AvgIpc) is 2.38. The second kappa shape index (κ2) is 8.17. The fraction of sp³-hybridized carbons (Fsp3) is 0.500. The summed E-state index contributed by atoms with van der Waals surface area (Å²) in [5, 5.41) is 5.95. The van der Waals surface area contributed by atoms with Gasteiger partial charge in [0, 0.05) is 12.6 Å². The van der Waals surface area contributed by atoms with Crippen molar-refractivity contribution in [1.29, 1.82) is 0 Å². The molecule has 1 aromatic carbocycles. The topological polar surface area (TPSA) is 41.1 Å². The molecule has 20 heavy (non-hydrogen) atoms. The van der Waals surface area contributed by atoms with Gasteiger partial charge in [-0.25, -0.2) is 8.78 Å². The molecule has 0 spiro atoms. The molecule has 1 saturated heterocycles. The Morgan fingerprint density at radius 3 is 2.55 bits per heavy atom. The van der Waals surface area contributed by atoms with Crippen LogP contribution in [0.4, 0.5) is 8.78 Å². The van der Waals surface area contributed by atoms with E-state index in [9.17, 15) is 13.6 Å². The van der Waals surface area contributed by atoms with Gasteiger partial charge < -0.3 is 10.6 Å². The quantitative estimate of drug-likeness (QED) is 0.895. The van der Waals surface area contributed by atoms with Crippen molar-refractivity contribution in [1.82, 2.24) is 10.6 Å². The lowest BCUT2D eigenvalue weighted by Crippen LogP contribution is -2.47. The molecule has 1 heterocycles. The number of halogens is 3. The molecule has 3 nitrogen and oxygen atoms in total. The van der Waals surface area contributed by atoms with Gasteiger partial charge in [-0.3, -0.25) is 4.79 Å². The minimum Gasteiger partial charge on any atom is -0.354 e. The Hall–Kier alpha value is -1.20. The number of amides is 1. The van der Waals surface area contributed by atoms with Crippen LogP contribution in [0.2, 0.25) is 0 Å². The maximum atomic E-state index is 13.0. The number of nitrogens with one attached hydrogen (secondary N) is 2. The molecular formula is C14H19ClF2N2O. The van der Waals surface area contributed by atoms with Gasteiger partial charge in [-0.05, 0) is 43.5 Å². The average molecular weight is 305 g/mol. The minimum atomic E-state index is -0.588. The fourth-order valence-electron chi connectivity index (χ4n) is 2.28. The van der Waals surface area contributed by atoms with Gasteiger partial charge in [0.15, 0.2) is 0 Å². The minimum absolute atomic E-state index is 0. The van der Waals surface area contributed by atoms with Crippen LogP contribution in [-0.4, -0.2) is 25.0 Å². The van der Waals surface area contributed by atoms with Crippen LogP contribution in [0.25, 0.3) is 0 Å². The van der Waals surface area contributed by atoms with Gasteiger partial charge in [0.2, 0.25) is 5.91 Å². The maximum absolute atomic E-state index is 13.0. The number of rotatable bonds is 4. The van der Waals surface area contributed by atoms with Crippen molar-refractivity contribution in [3.63, 3.8) is 0 Å². The molecular weight excluding hydrogens is 286 g/mol. The summed E-state index contributed by atoms with van der Waals surface area (Å²) in [6.45, 7) is 1.26. The Bertz CT molecular complexity index is 431. The van der Waals surface area contributed by atoms with Gasteiger partial charge in [0.05, 0.1) is 6.04 Å². The summed E-state index contributed by atoms with van der Waals surface area (Å²) >= 11 is 0. The lowest BCUT2D eigenvalue weighted by Gasteiger charge is -2.22. The second-order valence-corrected chi connectivity index (χ2v) is 4.82. The van der Waals surface area contributed by atoms with Crippen molar-refractivity contribution in [2.24, 2.45) is 0 Å². The largest absolute Gasteiger partial charge is 0.354 e. The first-order valence-corrected chi connectivity index (χ1v) is 6.61. The number of carbonyl (C=O) groups is 1. The SMILES string of the molecule is Cl.O=C(NCCc1cc(F)cc(F)c1)[C@@H]1CCCCN1. The molecule has 0 aromatic heterocycles. The lowest BCUT2D eigenvalue weighted by atomic mass is 10.0. The van der Waals surface area contributed by atoms with E-state index in [0.29, 0.717) is 18.5 Å². The van der Waals surface area contributed by atoms with Gasteiger partial charge >= 0.3 is 0 Å². The number of hydrogen-bond donors (Lipinski definition) is 2. The summed E-state index contributed by atoms with van der Waals surface area (Å²) < 4.78 is 25.9. The molecule has 0 unspecified atom stereocenters. The van der Waals surface area contributed by atoms with Crippen LogP contribution in [0.1, 0.15) is 24.8 Å². The summed E-state index contributed by atoms with van der Waals surface area (Å²) in [6, 6.07) is 3.29. The molecule has 1 atom stereocenters. The smallest absolute Gasteiger partial charge is 0.237 e. The van der Waals surface area contributed by atoms with Crippen LogP contribution in [-0.2, 0) is 11.2 Å². The van der Waals surface area contributed by atoms with E-state index in [1.165, 1.54) is 12.1 Å². The van der Waals surface area contributed by atoms with Gasteiger partial charge in [0.1, 0.15) is 11.6 Å². The number of piperidine rings is 1. The molecule has 6 heteroatoms.